The van der Waals surface area contributed by atoms with Crippen LogP contribution < -0.4 is 16.2 Å². The largest absolute Gasteiger partial charge is 0.298 e. The SMILES string of the molecule is Cc1ccc(C(=O)NNC(=S)NC(=O)c2ccc(Cl)cc2Cl)cc1Br. The molecule has 2 aromatic rings. The first-order chi connectivity index (χ1) is 11.8. The van der Waals surface area contributed by atoms with Gasteiger partial charge >= 0.3 is 0 Å². The molecule has 2 rings (SSSR count). The molecule has 0 saturated carbocycles. The first-order valence-corrected chi connectivity index (χ1v) is 8.86. The Morgan fingerprint density at radius 1 is 1.04 bits per heavy atom. The third-order valence-corrected chi connectivity index (χ3v) is 4.73. The Morgan fingerprint density at radius 2 is 1.76 bits per heavy atom. The van der Waals surface area contributed by atoms with Crippen molar-refractivity contribution in [2.75, 3.05) is 0 Å². The van der Waals surface area contributed by atoms with E-state index in [1.807, 2.05) is 13.0 Å². The van der Waals surface area contributed by atoms with E-state index < -0.39 is 11.8 Å². The van der Waals surface area contributed by atoms with Crippen molar-refractivity contribution >= 4 is 68.3 Å². The summed E-state index contributed by atoms with van der Waals surface area (Å²) in [6, 6.07) is 9.63. The number of amides is 2. The average molecular weight is 461 g/mol. The summed E-state index contributed by atoms with van der Waals surface area (Å²) in [6.45, 7) is 1.91. The van der Waals surface area contributed by atoms with E-state index in [4.69, 9.17) is 35.4 Å². The van der Waals surface area contributed by atoms with Gasteiger partial charge in [0.05, 0.1) is 10.6 Å². The van der Waals surface area contributed by atoms with Crippen LogP contribution in [0.25, 0.3) is 0 Å². The maximum Gasteiger partial charge on any atom is 0.269 e. The van der Waals surface area contributed by atoms with Gasteiger partial charge in [-0.25, -0.2) is 0 Å². The zero-order chi connectivity index (χ0) is 18.6. The summed E-state index contributed by atoms with van der Waals surface area (Å²) >= 11 is 20.1. The minimum atomic E-state index is -0.522. The van der Waals surface area contributed by atoms with Crippen molar-refractivity contribution < 1.29 is 9.59 Å². The van der Waals surface area contributed by atoms with Crippen molar-refractivity contribution in [1.29, 1.82) is 0 Å². The van der Waals surface area contributed by atoms with Gasteiger partial charge < -0.3 is 0 Å². The lowest BCUT2D eigenvalue weighted by molar-refractivity contribution is 0.0934. The monoisotopic (exact) mass is 459 g/mol. The van der Waals surface area contributed by atoms with Crippen molar-refractivity contribution in [2.24, 2.45) is 0 Å². The van der Waals surface area contributed by atoms with E-state index in [-0.39, 0.29) is 15.7 Å². The van der Waals surface area contributed by atoms with Gasteiger partial charge in [0.1, 0.15) is 0 Å². The predicted molar refractivity (Wildman–Crippen MR) is 106 cm³/mol. The summed E-state index contributed by atoms with van der Waals surface area (Å²) in [4.78, 5) is 24.2. The standard InChI is InChI=1S/C16H12BrCl2N3O2S/c1-8-2-3-9(6-12(8)17)14(23)21-22-16(25)20-15(24)11-5-4-10(18)7-13(11)19/h2-7H,1H3,(H,21,23)(H2,20,22,24,25). The van der Waals surface area contributed by atoms with Gasteiger partial charge in [0.15, 0.2) is 5.11 Å². The fraction of sp³-hybridized carbons (Fsp3) is 0.0625. The van der Waals surface area contributed by atoms with Gasteiger partial charge in [-0.2, -0.15) is 0 Å². The molecule has 0 aliphatic heterocycles. The molecule has 3 N–H and O–H groups in total. The van der Waals surface area contributed by atoms with Crippen LogP contribution in [0.15, 0.2) is 40.9 Å². The number of carbonyl (C=O) groups is 2. The number of hydrogen-bond acceptors (Lipinski definition) is 3. The molecule has 0 aliphatic rings. The molecule has 25 heavy (non-hydrogen) atoms. The van der Waals surface area contributed by atoms with Crippen LogP contribution in [0, 0.1) is 6.92 Å². The Kier molecular flexibility index (Phi) is 6.78. The van der Waals surface area contributed by atoms with Gasteiger partial charge in [-0.15, -0.1) is 0 Å². The van der Waals surface area contributed by atoms with Crippen LogP contribution in [0.2, 0.25) is 10.0 Å². The lowest BCUT2D eigenvalue weighted by atomic mass is 10.1. The van der Waals surface area contributed by atoms with E-state index in [1.54, 1.807) is 12.1 Å². The number of rotatable bonds is 2. The van der Waals surface area contributed by atoms with Crippen LogP contribution >= 0.6 is 51.3 Å². The molecular weight excluding hydrogens is 449 g/mol. The lowest BCUT2D eigenvalue weighted by Gasteiger charge is -2.12. The molecule has 0 atom stereocenters. The van der Waals surface area contributed by atoms with E-state index in [0.717, 1.165) is 10.0 Å². The van der Waals surface area contributed by atoms with E-state index in [9.17, 15) is 9.59 Å². The van der Waals surface area contributed by atoms with Gasteiger partial charge in [-0.3, -0.25) is 25.8 Å². The van der Waals surface area contributed by atoms with E-state index in [2.05, 4.69) is 32.1 Å². The molecule has 0 heterocycles. The Hall–Kier alpha value is -1.67. The number of hydrazine groups is 1. The van der Waals surface area contributed by atoms with Crippen molar-refractivity contribution in [1.82, 2.24) is 16.2 Å². The molecule has 9 heteroatoms. The molecule has 0 aromatic heterocycles. The first-order valence-electron chi connectivity index (χ1n) is 6.91. The summed E-state index contributed by atoms with van der Waals surface area (Å²) < 4.78 is 0.813. The first kappa shape index (κ1) is 19.7. The minimum absolute atomic E-state index is 0.0736. The summed E-state index contributed by atoms with van der Waals surface area (Å²) in [5, 5.41) is 2.95. The summed E-state index contributed by atoms with van der Waals surface area (Å²) in [6.07, 6.45) is 0. The zero-order valence-electron chi connectivity index (χ0n) is 12.8. The summed E-state index contributed by atoms with van der Waals surface area (Å²) in [5.41, 5.74) is 6.52. The molecule has 2 amide bonds. The van der Waals surface area contributed by atoms with E-state index >= 15 is 0 Å². The highest BCUT2D eigenvalue weighted by molar-refractivity contribution is 9.10. The fourth-order valence-electron chi connectivity index (χ4n) is 1.80. The quantitative estimate of drug-likeness (QED) is 0.467. The Morgan fingerprint density at radius 3 is 2.40 bits per heavy atom. The number of aryl methyl sites for hydroxylation is 1. The number of hydrogen-bond donors (Lipinski definition) is 3. The van der Waals surface area contributed by atoms with Crippen LogP contribution in [-0.4, -0.2) is 16.9 Å². The highest BCUT2D eigenvalue weighted by Gasteiger charge is 2.13. The normalized spacial score (nSPS) is 10.1. The molecule has 0 saturated heterocycles. The Labute approximate surface area is 168 Å². The van der Waals surface area contributed by atoms with Crippen LogP contribution in [-0.2, 0) is 0 Å². The molecule has 2 aromatic carbocycles. The number of carbonyl (C=O) groups excluding carboxylic acids is 2. The second-order valence-corrected chi connectivity index (χ2v) is 7.06. The van der Waals surface area contributed by atoms with Crippen molar-refractivity contribution in [3.05, 3.63) is 67.6 Å². The maximum absolute atomic E-state index is 12.1. The zero-order valence-corrected chi connectivity index (χ0v) is 16.7. The molecule has 0 bridgehead atoms. The summed E-state index contributed by atoms with van der Waals surface area (Å²) in [5.74, 6) is -0.923. The molecular formula is C16H12BrCl2N3O2S. The van der Waals surface area contributed by atoms with Crippen molar-refractivity contribution in [3.63, 3.8) is 0 Å². The molecule has 5 nitrogen and oxygen atoms in total. The maximum atomic E-state index is 12.1. The van der Waals surface area contributed by atoms with Gasteiger partial charge in [0.2, 0.25) is 0 Å². The van der Waals surface area contributed by atoms with Crippen molar-refractivity contribution in [2.45, 2.75) is 6.92 Å². The lowest BCUT2D eigenvalue weighted by Crippen LogP contribution is -2.48. The van der Waals surface area contributed by atoms with Crippen molar-refractivity contribution in [3.8, 4) is 0 Å². The van der Waals surface area contributed by atoms with Crippen LogP contribution in [0.3, 0.4) is 0 Å². The number of nitrogens with one attached hydrogen (secondary N) is 3. The van der Waals surface area contributed by atoms with Crippen LogP contribution in [0.1, 0.15) is 26.3 Å². The van der Waals surface area contributed by atoms with Gasteiger partial charge in [-0.05, 0) is 55.0 Å². The van der Waals surface area contributed by atoms with E-state index in [0.29, 0.717) is 10.6 Å². The Balaban J connectivity index is 1.92. The molecule has 0 fully saturated rings. The van der Waals surface area contributed by atoms with E-state index in [1.165, 1.54) is 18.2 Å². The third-order valence-electron chi connectivity index (χ3n) is 3.13. The molecule has 0 aliphatic carbocycles. The van der Waals surface area contributed by atoms with Gasteiger partial charge in [0, 0.05) is 15.1 Å². The molecule has 0 spiro atoms. The topological polar surface area (TPSA) is 70.2 Å². The molecule has 130 valence electrons. The molecule has 0 unspecified atom stereocenters. The second-order valence-electron chi connectivity index (χ2n) is 4.95. The van der Waals surface area contributed by atoms with Crippen LogP contribution in [0.4, 0.5) is 0 Å². The highest BCUT2D eigenvalue weighted by Crippen LogP contribution is 2.20. The third kappa shape index (κ3) is 5.40. The number of benzene rings is 2. The second kappa shape index (κ2) is 8.62. The predicted octanol–water partition coefficient (Wildman–Crippen LogP) is 4.01. The highest BCUT2D eigenvalue weighted by atomic mass is 79.9. The minimum Gasteiger partial charge on any atom is -0.298 e. The average Bonchev–Trinajstić information content (AvgIpc) is 2.55. The van der Waals surface area contributed by atoms with Gasteiger partial charge in [0.25, 0.3) is 11.8 Å². The fourth-order valence-corrected chi connectivity index (χ4v) is 2.81. The smallest absolute Gasteiger partial charge is 0.269 e. The summed E-state index contributed by atoms with van der Waals surface area (Å²) in [7, 11) is 0. The van der Waals surface area contributed by atoms with Crippen LogP contribution in [0.5, 0.6) is 0 Å². The van der Waals surface area contributed by atoms with Gasteiger partial charge in [-0.1, -0.05) is 45.2 Å². The number of halogens is 3. The molecule has 0 radical (unpaired) electrons. The Bertz CT molecular complexity index is 861. The number of thiocarbonyl (C=S) groups is 1.